The summed E-state index contributed by atoms with van der Waals surface area (Å²) in [5.74, 6) is -0.161. The van der Waals surface area contributed by atoms with E-state index in [-0.39, 0.29) is 19.1 Å². The number of aliphatic hydroxyl groups is 1. The Balaban J connectivity index is 4.57. The molecule has 0 aliphatic heterocycles. The fraction of sp³-hybridized carbons (Fsp3) is 0.906. The molecule has 9 heteroatoms. The second-order valence-electron chi connectivity index (χ2n) is 12.5. The van der Waals surface area contributed by atoms with Crippen LogP contribution in [0.5, 0.6) is 0 Å². The Labute approximate surface area is 252 Å². The second kappa shape index (κ2) is 25.7. The van der Waals surface area contributed by atoms with Crippen LogP contribution in [-0.4, -0.2) is 73.4 Å². The molecule has 0 aromatic rings. The number of carbonyl (C=O) groups excluding carboxylic acids is 1. The number of phosphoric acid groups is 1. The van der Waals surface area contributed by atoms with Gasteiger partial charge in [0.25, 0.3) is 0 Å². The summed E-state index contributed by atoms with van der Waals surface area (Å²) in [6.45, 7) is 4.76. The lowest BCUT2D eigenvalue weighted by atomic mass is 10.0. The number of unbranched alkanes of at least 4 members (excludes halogenated alkanes) is 14. The Morgan fingerprint density at radius 2 is 1.37 bits per heavy atom. The SMILES string of the molecule is CCC/C=C\CCCCCCCC(=O)NC(COP(=O)(O)OCC[N+](C)(C)C)C(O)CCCCCCCCCCC. The summed E-state index contributed by atoms with van der Waals surface area (Å²) in [6, 6.07) is -0.756. The number of amides is 1. The molecule has 3 unspecified atom stereocenters. The molecule has 1 amide bonds. The predicted octanol–water partition coefficient (Wildman–Crippen LogP) is 7.68. The van der Waals surface area contributed by atoms with Gasteiger partial charge in [0.1, 0.15) is 13.2 Å². The number of carbonyl (C=O) groups is 1. The summed E-state index contributed by atoms with van der Waals surface area (Å²) in [5.41, 5.74) is 0. The third-order valence-electron chi connectivity index (χ3n) is 7.24. The monoisotopic (exact) mass is 605 g/mol. The number of quaternary nitrogens is 1. The third-order valence-corrected chi connectivity index (χ3v) is 8.23. The molecule has 0 saturated heterocycles. The number of likely N-dealkylation sites (N-methyl/N-ethyl adjacent to an activating group) is 1. The average Bonchev–Trinajstić information content (AvgIpc) is 2.90. The van der Waals surface area contributed by atoms with Gasteiger partial charge in [-0.25, -0.2) is 4.57 Å². The molecular formula is C32H66N2O6P+. The highest BCUT2D eigenvalue weighted by molar-refractivity contribution is 7.47. The number of aliphatic hydroxyl groups excluding tert-OH is 1. The minimum atomic E-state index is -4.29. The van der Waals surface area contributed by atoms with Gasteiger partial charge in [0, 0.05) is 6.42 Å². The standard InChI is InChI=1S/C32H65N2O6P/c1-6-8-10-12-14-16-18-20-22-24-26-32(36)33-30(29-40-41(37,38)39-28-27-34(3,4)5)31(35)25-23-21-19-17-15-13-11-9-7-2/h10,12,30-31,35H,6-9,11,13-29H2,1-5H3,(H-,33,36,37,38)/p+1/b12-10-. The fourth-order valence-electron chi connectivity index (χ4n) is 4.52. The molecule has 3 atom stereocenters. The number of nitrogens with zero attached hydrogens (tertiary/aromatic N) is 1. The van der Waals surface area contributed by atoms with Crippen molar-refractivity contribution < 1.29 is 32.9 Å². The lowest BCUT2D eigenvalue weighted by Gasteiger charge is -2.26. The van der Waals surface area contributed by atoms with Crippen LogP contribution in [0, 0.1) is 0 Å². The lowest BCUT2D eigenvalue weighted by Crippen LogP contribution is -2.46. The van der Waals surface area contributed by atoms with E-state index in [0.717, 1.165) is 57.8 Å². The average molecular weight is 606 g/mol. The normalized spacial score (nSPS) is 15.2. The van der Waals surface area contributed by atoms with Crippen LogP contribution in [0.3, 0.4) is 0 Å². The first kappa shape index (κ1) is 40.2. The molecule has 0 heterocycles. The quantitative estimate of drug-likeness (QED) is 0.0350. The van der Waals surface area contributed by atoms with Crippen molar-refractivity contribution in [2.24, 2.45) is 0 Å². The van der Waals surface area contributed by atoms with Crippen molar-refractivity contribution in [1.29, 1.82) is 0 Å². The Kier molecular flexibility index (Phi) is 25.2. The largest absolute Gasteiger partial charge is 0.472 e. The molecule has 0 bridgehead atoms. The van der Waals surface area contributed by atoms with E-state index in [1.54, 1.807) is 0 Å². The maximum Gasteiger partial charge on any atom is 0.472 e. The first-order chi connectivity index (χ1) is 19.5. The molecule has 0 aromatic heterocycles. The minimum absolute atomic E-state index is 0.0737. The first-order valence-corrected chi connectivity index (χ1v) is 18.0. The van der Waals surface area contributed by atoms with Gasteiger partial charge in [-0.1, -0.05) is 109 Å². The Hall–Kier alpha value is -0.760. The highest BCUT2D eigenvalue weighted by Crippen LogP contribution is 2.43. The van der Waals surface area contributed by atoms with Gasteiger partial charge >= 0.3 is 7.82 Å². The van der Waals surface area contributed by atoms with Crippen LogP contribution in [0.1, 0.15) is 136 Å². The van der Waals surface area contributed by atoms with Crippen LogP contribution >= 0.6 is 7.82 Å². The number of phosphoric ester groups is 1. The summed E-state index contributed by atoms with van der Waals surface area (Å²) in [6.07, 6.45) is 23.8. The summed E-state index contributed by atoms with van der Waals surface area (Å²) in [4.78, 5) is 22.8. The molecule has 0 radical (unpaired) electrons. The van der Waals surface area contributed by atoms with Crippen molar-refractivity contribution in [2.45, 2.75) is 148 Å². The number of allylic oxidation sites excluding steroid dienone is 2. The summed E-state index contributed by atoms with van der Waals surface area (Å²) in [5, 5.41) is 13.7. The first-order valence-electron chi connectivity index (χ1n) is 16.6. The van der Waals surface area contributed by atoms with Crippen molar-refractivity contribution in [3.8, 4) is 0 Å². The fourth-order valence-corrected chi connectivity index (χ4v) is 5.25. The third kappa shape index (κ3) is 27.8. The van der Waals surface area contributed by atoms with Crippen molar-refractivity contribution in [1.82, 2.24) is 5.32 Å². The molecule has 0 aliphatic carbocycles. The van der Waals surface area contributed by atoms with Gasteiger partial charge in [0.15, 0.2) is 0 Å². The molecule has 244 valence electrons. The topological polar surface area (TPSA) is 105 Å². The van der Waals surface area contributed by atoms with Crippen molar-refractivity contribution in [3.63, 3.8) is 0 Å². The van der Waals surface area contributed by atoms with E-state index < -0.39 is 20.0 Å². The van der Waals surface area contributed by atoms with Crippen LogP contribution < -0.4 is 5.32 Å². The zero-order valence-electron chi connectivity index (χ0n) is 27.3. The molecule has 0 aromatic carbocycles. The van der Waals surface area contributed by atoms with E-state index in [1.165, 1.54) is 51.4 Å². The van der Waals surface area contributed by atoms with Crippen molar-refractivity contribution in [2.75, 3.05) is 40.9 Å². The van der Waals surface area contributed by atoms with Gasteiger partial charge < -0.3 is 19.8 Å². The lowest BCUT2D eigenvalue weighted by molar-refractivity contribution is -0.870. The van der Waals surface area contributed by atoms with E-state index in [1.807, 2.05) is 21.1 Å². The molecule has 8 nitrogen and oxygen atoms in total. The van der Waals surface area contributed by atoms with Gasteiger partial charge in [0.05, 0.1) is 39.9 Å². The zero-order valence-corrected chi connectivity index (χ0v) is 28.2. The van der Waals surface area contributed by atoms with E-state index in [4.69, 9.17) is 9.05 Å². The molecule has 0 saturated carbocycles. The van der Waals surface area contributed by atoms with Crippen LogP contribution in [0.15, 0.2) is 12.2 Å². The summed E-state index contributed by atoms with van der Waals surface area (Å²) in [7, 11) is 1.60. The van der Waals surface area contributed by atoms with E-state index in [9.17, 15) is 19.4 Å². The summed E-state index contributed by atoms with van der Waals surface area (Å²) < 4.78 is 23.3. The van der Waals surface area contributed by atoms with Gasteiger partial charge in [-0.2, -0.15) is 0 Å². The smallest absolute Gasteiger partial charge is 0.391 e. The van der Waals surface area contributed by atoms with Gasteiger partial charge in [-0.15, -0.1) is 0 Å². The van der Waals surface area contributed by atoms with Crippen LogP contribution in [0.2, 0.25) is 0 Å². The number of hydrogen-bond acceptors (Lipinski definition) is 5. The highest BCUT2D eigenvalue weighted by atomic mass is 31.2. The van der Waals surface area contributed by atoms with Crippen molar-refractivity contribution >= 4 is 13.7 Å². The molecule has 0 rings (SSSR count). The van der Waals surface area contributed by atoms with E-state index in [0.29, 0.717) is 23.9 Å². The number of nitrogens with one attached hydrogen (secondary N) is 1. The van der Waals surface area contributed by atoms with E-state index in [2.05, 4.69) is 31.3 Å². The highest BCUT2D eigenvalue weighted by Gasteiger charge is 2.28. The van der Waals surface area contributed by atoms with Crippen LogP contribution in [-0.2, 0) is 18.4 Å². The number of hydrogen-bond donors (Lipinski definition) is 3. The molecule has 3 N–H and O–H groups in total. The Morgan fingerprint density at radius 1 is 0.805 bits per heavy atom. The molecular weight excluding hydrogens is 539 g/mol. The molecule has 0 spiro atoms. The number of rotatable bonds is 29. The minimum Gasteiger partial charge on any atom is -0.391 e. The second-order valence-corrected chi connectivity index (χ2v) is 14.0. The molecule has 41 heavy (non-hydrogen) atoms. The Morgan fingerprint density at radius 3 is 1.98 bits per heavy atom. The Bertz CT molecular complexity index is 698. The molecule has 0 fully saturated rings. The molecule has 0 aliphatic rings. The van der Waals surface area contributed by atoms with Crippen LogP contribution in [0.25, 0.3) is 0 Å². The van der Waals surface area contributed by atoms with Gasteiger partial charge in [-0.05, 0) is 32.1 Å². The predicted molar refractivity (Wildman–Crippen MR) is 171 cm³/mol. The van der Waals surface area contributed by atoms with Crippen LogP contribution in [0.4, 0.5) is 0 Å². The maximum absolute atomic E-state index is 12.7. The van der Waals surface area contributed by atoms with Gasteiger partial charge in [-0.3, -0.25) is 13.8 Å². The van der Waals surface area contributed by atoms with E-state index >= 15 is 0 Å². The van der Waals surface area contributed by atoms with Crippen molar-refractivity contribution in [3.05, 3.63) is 12.2 Å². The maximum atomic E-state index is 12.7. The summed E-state index contributed by atoms with van der Waals surface area (Å²) >= 11 is 0. The van der Waals surface area contributed by atoms with Gasteiger partial charge in [0.2, 0.25) is 5.91 Å². The zero-order chi connectivity index (χ0) is 30.8.